The van der Waals surface area contributed by atoms with Crippen molar-refractivity contribution in [3.63, 3.8) is 0 Å². The molecule has 5 rings (SSSR count). The number of hydrogen-bond donors (Lipinski definition) is 1. The number of aromatic amines is 1. The summed E-state index contributed by atoms with van der Waals surface area (Å²) in [5.74, 6) is 0.890. The summed E-state index contributed by atoms with van der Waals surface area (Å²) < 4.78 is 1.77. The fourth-order valence-corrected chi connectivity index (χ4v) is 4.06. The first kappa shape index (κ1) is 17.8. The van der Waals surface area contributed by atoms with Crippen molar-refractivity contribution < 1.29 is 4.79 Å². The van der Waals surface area contributed by atoms with Crippen molar-refractivity contribution in [3.8, 4) is 0 Å². The molecule has 0 bridgehead atoms. The van der Waals surface area contributed by atoms with Crippen LogP contribution in [0.4, 0.5) is 0 Å². The Kier molecular flexibility index (Phi) is 4.26. The zero-order valence-corrected chi connectivity index (χ0v) is 15.9. The normalized spacial score (nSPS) is 19.0. The number of carbonyl (C=O) groups excluding carboxylic acids is 1. The van der Waals surface area contributed by atoms with E-state index in [1.807, 2.05) is 18.2 Å². The Labute approximate surface area is 166 Å². The summed E-state index contributed by atoms with van der Waals surface area (Å²) in [6.45, 7) is 1.21. The molecule has 2 aliphatic rings. The molecular weight excluding hydrogens is 370 g/mol. The van der Waals surface area contributed by atoms with Crippen LogP contribution in [0.1, 0.15) is 48.0 Å². The van der Waals surface area contributed by atoms with Gasteiger partial charge in [0.1, 0.15) is 11.5 Å². The number of para-hydroxylation sites is 1. The Bertz CT molecular complexity index is 1190. The molecule has 1 amide bonds. The van der Waals surface area contributed by atoms with E-state index in [1.54, 1.807) is 15.5 Å². The van der Waals surface area contributed by atoms with Gasteiger partial charge < -0.3 is 4.90 Å². The first-order chi connectivity index (χ1) is 14.1. The molecule has 1 saturated carbocycles. The Balaban J connectivity index is 1.59. The molecule has 0 spiro atoms. The van der Waals surface area contributed by atoms with Gasteiger partial charge in [0.25, 0.3) is 17.0 Å². The molecule has 8 nitrogen and oxygen atoms in total. The summed E-state index contributed by atoms with van der Waals surface area (Å²) >= 11 is 0. The predicted molar refractivity (Wildman–Crippen MR) is 107 cm³/mol. The molecule has 1 N–H and O–H groups in total. The van der Waals surface area contributed by atoms with Crippen LogP contribution in [0.25, 0.3) is 10.9 Å². The minimum atomic E-state index is -0.353. The third kappa shape index (κ3) is 3.24. The molecule has 29 heavy (non-hydrogen) atoms. The van der Waals surface area contributed by atoms with Gasteiger partial charge in [-0.05, 0) is 49.8 Å². The molecule has 0 radical (unpaired) electrons. The van der Waals surface area contributed by atoms with E-state index in [0.717, 1.165) is 25.7 Å². The summed E-state index contributed by atoms with van der Waals surface area (Å²) in [6.07, 6.45) is 3.80. The molecule has 2 aromatic heterocycles. The Morgan fingerprint density at radius 2 is 1.93 bits per heavy atom. The highest BCUT2D eigenvalue weighted by Gasteiger charge is 2.35. The van der Waals surface area contributed by atoms with E-state index in [4.69, 9.17) is 4.98 Å². The molecule has 1 unspecified atom stereocenters. The van der Waals surface area contributed by atoms with E-state index < -0.39 is 0 Å². The van der Waals surface area contributed by atoms with Gasteiger partial charge in [-0.1, -0.05) is 12.1 Å². The second-order valence-electron chi connectivity index (χ2n) is 7.81. The largest absolute Gasteiger partial charge is 0.327 e. The minimum absolute atomic E-state index is 0.0426. The zero-order valence-electron chi connectivity index (χ0n) is 15.9. The highest BCUT2D eigenvalue weighted by molar-refractivity contribution is 5.92. The van der Waals surface area contributed by atoms with Crippen molar-refractivity contribution >= 4 is 16.8 Å². The molecule has 1 aliphatic heterocycles. The maximum atomic E-state index is 13.2. The quantitative estimate of drug-likeness (QED) is 0.732. The maximum Gasteiger partial charge on any atom is 0.274 e. The fraction of sp³-hybridized carbons (Fsp3) is 0.381. The van der Waals surface area contributed by atoms with Crippen LogP contribution in [0.5, 0.6) is 0 Å². The number of H-pyrrole nitrogens is 1. The van der Waals surface area contributed by atoms with Crippen LogP contribution < -0.4 is 11.1 Å². The average molecular weight is 391 g/mol. The standard InChI is InChI=1S/C21H21N5O3/c27-18-10-9-16(23-24-18)21(29)25-11-3-6-17(25)19-22-15-5-2-1-4-14(15)20(28)26(19)12-13-7-8-13/h1-2,4-5,9-10,13,17H,3,6-8,11-12H2,(H,24,27). The van der Waals surface area contributed by atoms with Crippen molar-refractivity contribution in [2.24, 2.45) is 5.92 Å². The number of carbonyl (C=O) groups is 1. The number of fused-ring (bicyclic) bond motifs is 1. The maximum absolute atomic E-state index is 13.2. The predicted octanol–water partition coefficient (Wildman–Crippen LogP) is 1.87. The first-order valence-electron chi connectivity index (χ1n) is 9.98. The first-order valence-corrected chi connectivity index (χ1v) is 9.98. The van der Waals surface area contributed by atoms with Crippen molar-refractivity contribution in [2.45, 2.75) is 38.3 Å². The molecule has 1 saturated heterocycles. The van der Waals surface area contributed by atoms with Gasteiger partial charge in [0, 0.05) is 19.2 Å². The lowest BCUT2D eigenvalue weighted by molar-refractivity contribution is 0.0719. The van der Waals surface area contributed by atoms with Gasteiger partial charge in [-0.2, -0.15) is 5.10 Å². The van der Waals surface area contributed by atoms with Gasteiger partial charge >= 0.3 is 0 Å². The number of hydrogen-bond acceptors (Lipinski definition) is 5. The van der Waals surface area contributed by atoms with Gasteiger partial charge in [-0.15, -0.1) is 0 Å². The fourth-order valence-electron chi connectivity index (χ4n) is 4.06. The smallest absolute Gasteiger partial charge is 0.274 e. The average Bonchev–Trinajstić information content (AvgIpc) is 3.43. The van der Waals surface area contributed by atoms with Gasteiger partial charge in [-0.3, -0.25) is 19.0 Å². The third-order valence-corrected chi connectivity index (χ3v) is 5.74. The second-order valence-corrected chi connectivity index (χ2v) is 7.81. The summed E-state index contributed by atoms with van der Waals surface area (Å²) in [6, 6.07) is 9.80. The number of nitrogens with zero attached hydrogens (tertiary/aromatic N) is 4. The number of amides is 1. The van der Waals surface area contributed by atoms with Gasteiger partial charge in [0.2, 0.25) is 0 Å². The zero-order chi connectivity index (χ0) is 20.0. The van der Waals surface area contributed by atoms with E-state index in [2.05, 4.69) is 10.2 Å². The molecule has 8 heteroatoms. The van der Waals surface area contributed by atoms with Crippen LogP contribution in [-0.2, 0) is 6.54 Å². The van der Waals surface area contributed by atoms with E-state index in [0.29, 0.717) is 35.7 Å². The van der Waals surface area contributed by atoms with Crippen LogP contribution in [-0.4, -0.2) is 37.1 Å². The molecule has 3 aromatic rings. The van der Waals surface area contributed by atoms with Gasteiger partial charge in [-0.25, -0.2) is 10.1 Å². The Hall–Kier alpha value is -3.29. The molecule has 148 valence electrons. The molecule has 1 aromatic carbocycles. The molecule has 3 heterocycles. The van der Waals surface area contributed by atoms with Crippen LogP contribution >= 0.6 is 0 Å². The number of rotatable bonds is 4. The molecule has 1 atom stereocenters. The van der Waals surface area contributed by atoms with Crippen LogP contribution in [0.2, 0.25) is 0 Å². The van der Waals surface area contributed by atoms with E-state index in [9.17, 15) is 14.4 Å². The van der Waals surface area contributed by atoms with Crippen LogP contribution in [0, 0.1) is 5.92 Å². The topological polar surface area (TPSA) is 101 Å². The Morgan fingerprint density at radius 1 is 1.10 bits per heavy atom. The van der Waals surface area contributed by atoms with E-state index in [-0.39, 0.29) is 28.8 Å². The number of likely N-dealkylation sites (tertiary alicyclic amines) is 1. The SMILES string of the molecule is O=C(c1ccc(=O)[nH]n1)N1CCCC1c1nc2ccccc2c(=O)n1CC1CC1. The second kappa shape index (κ2) is 6.95. The van der Waals surface area contributed by atoms with Crippen molar-refractivity contribution in [2.75, 3.05) is 6.54 Å². The minimum Gasteiger partial charge on any atom is -0.327 e. The number of aromatic nitrogens is 4. The Morgan fingerprint density at radius 3 is 2.69 bits per heavy atom. The number of benzene rings is 1. The van der Waals surface area contributed by atoms with Gasteiger partial charge in [0.15, 0.2) is 0 Å². The lowest BCUT2D eigenvalue weighted by Crippen LogP contribution is -2.36. The monoisotopic (exact) mass is 391 g/mol. The summed E-state index contributed by atoms with van der Waals surface area (Å²) in [7, 11) is 0. The lowest BCUT2D eigenvalue weighted by Gasteiger charge is -2.26. The van der Waals surface area contributed by atoms with Crippen molar-refractivity contribution in [3.05, 3.63) is 68.6 Å². The molecular formula is C21H21N5O3. The lowest BCUT2D eigenvalue weighted by atomic mass is 10.1. The molecule has 1 aliphatic carbocycles. The van der Waals surface area contributed by atoms with Crippen molar-refractivity contribution in [1.82, 2.24) is 24.6 Å². The van der Waals surface area contributed by atoms with Crippen molar-refractivity contribution in [1.29, 1.82) is 0 Å². The number of nitrogens with one attached hydrogen (secondary N) is 1. The van der Waals surface area contributed by atoms with E-state index in [1.165, 1.54) is 12.1 Å². The van der Waals surface area contributed by atoms with E-state index >= 15 is 0 Å². The highest BCUT2D eigenvalue weighted by atomic mass is 16.2. The van der Waals surface area contributed by atoms with Gasteiger partial charge in [0.05, 0.1) is 16.9 Å². The highest BCUT2D eigenvalue weighted by Crippen LogP contribution is 2.35. The summed E-state index contributed by atoms with van der Waals surface area (Å²) in [4.78, 5) is 44.1. The summed E-state index contributed by atoms with van der Waals surface area (Å²) in [5, 5.41) is 6.80. The van der Waals surface area contributed by atoms with Crippen LogP contribution in [0.3, 0.4) is 0 Å². The summed E-state index contributed by atoms with van der Waals surface area (Å²) in [5.41, 5.74) is 0.447. The third-order valence-electron chi connectivity index (χ3n) is 5.74. The molecule has 2 fully saturated rings. The van der Waals surface area contributed by atoms with Crippen LogP contribution in [0.15, 0.2) is 46.0 Å².